The van der Waals surface area contributed by atoms with E-state index in [1.54, 1.807) is 11.8 Å². The Bertz CT molecular complexity index is 666. The van der Waals surface area contributed by atoms with Crippen LogP contribution in [0.15, 0.2) is 53.4 Å². The zero-order valence-electron chi connectivity index (χ0n) is 12.9. The van der Waals surface area contributed by atoms with Crippen LogP contribution < -0.4 is 0 Å². The van der Waals surface area contributed by atoms with Gasteiger partial charge in [0.2, 0.25) is 0 Å². The Labute approximate surface area is 136 Å². The van der Waals surface area contributed by atoms with Crippen LogP contribution >= 0.6 is 11.8 Å². The Kier molecular flexibility index (Phi) is 5.80. The van der Waals surface area contributed by atoms with Crippen molar-refractivity contribution in [3.05, 3.63) is 65.2 Å². The Hall–Kier alpha value is -2.05. The molecule has 2 aromatic rings. The third-order valence-electron chi connectivity index (χ3n) is 3.26. The molecule has 112 valence electrons. The van der Waals surface area contributed by atoms with Crippen LogP contribution in [0.4, 0.5) is 0 Å². The van der Waals surface area contributed by atoms with E-state index in [9.17, 15) is 4.79 Å². The zero-order chi connectivity index (χ0) is 15.9. The van der Waals surface area contributed by atoms with Gasteiger partial charge in [0.05, 0.1) is 11.6 Å². The third-order valence-corrected chi connectivity index (χ3v) is 4.34. The van der Waals surface area contributed by atoms with Crippen molar-refractivity contribution in [2.24, 2.45) is 5.92 Å². The van der Waals surface area contributed by atoms with Crippen LogP contribution in [0.1, 0.15) is 41.8 Å². The van der Waals surface area contributed by atoms with Crippen LogP contribution in [-0.4, -0.2) is 5.78 Å². The molecule has 0 N–H and O–H groups in total. The maximum absolute atomic E-state index is 12.0. The Morgan fingerprint density at radius 2 is 1.73 bits per heavy atom. The number of nitrogens with zero attached hydrogens (tertiary/aromatic N) is 1. The summed E-state index contributed by atoms with van der Waals surface area (Å²) in [7, 11) is 0. The van der Waals surface area contributed by atoms with E-state index in [4.69, 9.17) is 5.26 Å². The molecule has 2 aromatic carbocycles. The normalized spacial score (nSPS) is 10.5. The molecule has 0 aliphatic carbocycles. The van der Waals surface area contributed by atoms with Gasteiger partial charge < -0.3 is 0 Å². The molecule has 0 radical (unpaired) electrons. The van der Waals surface area contributed by atoms with Crippen molar-refractivity contribution in [3.8, 4) is 6.07 Å². The van der Waals surface area contributed by atoms with Gasteiger partial charge in [0.25, 0.3) is 0 Å². The van der Waals surface area contributed by atoms with Crippen LogP contribution in [0.5, 0.6) is 0 Å². The first-order valence-electron chi connectivity index (χ1n) is 7.33. The summed E-state index contributed by atoms with van der Waals surface area (Å²) in [6, 6.07) is 17.6. The lowest BCUT2D eigenvalue weighted by molar-refractivity contribution is 0.0968. The molecule has 0 aromatic heterocycles. The van der Waals surface area contributed by atoms with Gasteiger partial charge >= 0.3 is 0 Å². The largest absolute Gasteiger partial charge is 0.294 e. The van der Waals surface area contributed by atoms with Crippen molar-refractivity contribution < 1.29 is 4.79 Å². The summed E-state index contributed by atoms with van der Waals surface area (Å²) in [6.45, 7) is 4.11. The van der Waals surface area contributed by atoms with Gasteiger partial charge in [-0.25, -0.2) is 0 Å². The third kappa shape index (κ3) is 4.75. The Morgan fingerprint density at radius 1 is 1.09 bits per heavy atom. The average Bonchev–Trinajstić information content (AvgIpc) is 2.53. The minimum Gasteiger partial charge on any atom is -0.294 e. The van der Waals surface area contributed by atoms with Gasteiger partial charge in [-0.2, -0.15) is 5.26 Å². The number of hydrogen-bond acceptors (Lipinski definition) is 3. The first-order chi connectivity index (χ1) is 10.6. The summed E-state index contributed by atoms with van der Waals surface area (Å²) in [5.41, 5.74) is 2.65. The summed E-state index contributed by atoms with van der Waals surface area (Å²) in [5.74, 6) is 1.45. The monoisotopic (exact) mass is 309 g/mol. The highest BCUT2D eigenvalue weighted by Gasteiger charge is 2.08. The predicted octanol–water partition coefficient (Wildman–Crippen LogP) is 5.08. The Morgan fingerprint density at radius 3 is 2.27 bits per heavy atom. The van der Waals surface area contributed by atoms with Crippen LogP contribution in [0, 0.1) is 17.2 Å². The Balaban J connectivity index is 1.93. The molecule has 0 fully saturated rings. The molecule has 2 rings (SSSR count). The summed E-state index contributed by atoms with van der Waals surface area (Å²) < 4.78 is 0. The van der Waals surface area contributed by atoms with Crippen LogP contribution in [0.2, 0.25) is 0 Å². The SMILES string of the molecule is CC(C)CC(=O)c1ccc(SCc2ccc(C#N)cc2)cc1. The summed E-state index contributed by atoms with van der Waals surface area (Å²) >= 11 is 1.73. The molecule has 22 heavy (non-hydrogen) atoms. The lowest BCUT2D eigenvalue weighted by Gasteiger charge is -2.06. The molecule has 0 amide bonds. The number of carbonyl (C=O) groups excluding carboxylic acids is 1. The topological polar surface area (TPSA) is 40.9 Å². The summed E-state index contributed by atoms with van der Waals surface area (Å²) in [6.07, 6.45) is 0.595. The van der Waals surface area contributed by atoms with Gasteiger partial charge in [0.15, 0.2) is 5.78 Å². The van der Waals surface area contributed by atoms with Crippen molar-refractivity contribution in [2.45, 2.75) is 30.9 Å². The number of thioether (sulfide) groups is 1. The number of hydrogen-bond donors (Lipinski definition) is 0. The van der Waals surface area contributed by atoms with Crippen molar-refractivity contribution in [2.75, 3.05) is 0 Å². The summed E-state index contributed by atoms with van der Waals surface area (Å²) in [4.78, 5) is 13.1. The van der Waals surface area contributed by atoms with E-state index in [1.165, 1.54) is 5.56 Å². The van der Waals surface area contributed by atoms with Crippen molar-refractivity contribution in [3.63, 3.8) is 0 Å². The van der Waals surface area contributed by atoms with Gasteiger partial charge in [-0.15, -0.1) is 11.8 Å². The first-order valence-corrected chi connectivity index (χ1v) is 8.32. The van der Waals surface area contributed by atoms with E-state index < -0.39 is 0 Å². The van der Waals surface area contributed by atoms with Crippen LogP contribution in [0.3, 0.4) is 0 Å². The smallest absolute Gasteiger partial charge is 0.163 e. The quantitative estimate of drug-likeness (QED) is 0.552. The van der Waals surface area contributed by atoms with E-state index in [0.717, 1.165) is 16.2 Å². The molecule has 0 saturated carbocycles. The molecular weight excluding hydrogens is 290 g/mol. The number of Topliss-reactive ketones (excluding diaryl/α,β-unsaturated/α-hetero) is 1. The second-order valence-electron chi connectivity index (χ2n) is 5.64. The van der Waals surface area contributed by atoms with Gasteiger partial charge in [0.1, 0.15) is 0 Å². The number of rotatable bonds is 6. The molecule has 2 nitrogen and oxygen atoms in total. The lowest BCUT2D eigenvalue weighted by atomic mass is 10.0. The van der Waals surface area contributed by atoms with Crippen molar-refractivity contribution in [1.82, 2.24) is 0 Å². The van der Waals surface area contributed by atoms with Gasteiger partial charge in [-0.05, 0) is 35.7 Å². The second-order valence-corrected chi connectivity index (χ2v) is 6.69. The van der Waals surface area contributed by atoms with E-state index in [-0.39, 0.29) is 5.78 Å². The lowest BCUT2D eigenvalue weighted by Crippen LogP contribution is -2.03. The maximum atomic E-state index is 12.0. The fraction of sp³-hybridized carbons (Fsp3) is 0.263. The molecule has 0 atom stereocenters. The number of nitriles is 1. The van der Waals surface area contributed by atoms with E-state index in [2.05, 4.69) is 19.9 Å². The highest BCUT2D eigenvalue weighted by atomic mass is 32.2. The molecule has 0 aliphatic heterocycles. The summed E-state index contributed by atoms with van der Waals surface area (Å²) in [5, 5.41) is 8.78. The fourth-order valence-corrected chi connectivity index (χ4v) is 2.92. The van der Waals surface area contributed by atoms with E-state index >= 15 is 0 Å². The average molecular weight is 309 g/mol. The molecule has 0 aliphatic rings. The molecular formula is C19H19NOS. The molecule has 0 heterocycles. The number of ketones is 1. The predicted molar refractivity (Wildman–Crippen MR) is 90.9 cm³/mol. The maximum Gasteiger partial charge on any atom is 0.163 e. The molecule has 3 heteroatoms. The fourth-order valence-electron chi connectivity index (χ4n) is 2.07. The molecule has 0 saturated heterocycles. The highest BCUT2D eigenvalue weighted by molar-refractivity contribution is 7.98. The van der Waals surface area contributed by atoms with Crippen LogP contribution in [0.25, 0.3) is 0 Å². The van der Waals surface area contributed by atoms with Crippen molar-refractivity contribution >= 4 is 17.5 Å². The van der Waals surface area contributed by atoms with E-state index in [1.807, 2.05) is 48.5 Å². The van der Waals surface area contributed by atoms with E-state index in [0.29, 0.717) is 17.9 Å². The minimum absolute atomic E-state index is 0.207. The molecule has 0 unspecified atom stereocenters. The standard InChI is InChI=1S/C19H19NOS/c1-14(2)11-19(21)17-7-9-18(10-8-17)22-13-16-5-3-15(12-20)4-6-16/h3-10,14H,11,13H2,1-2H3. The number of carbonyl (C=O) groups is 1. The first kappa shape index (κ1) is 16.3. The minimum atomic E-state index is 0.207. The van der Waals surface area contributed by atoms with Gasteiger partial charge in [0, 0.05) is 22.6 Å². The number of benzene rings is 2. The second kappa shape index (κ2) is 7.82. The zero-order valence-corrected chi connectivity index (χ0v) is 13.7. The van der Waals surface area contributed by atoms with Gasteiger partial charge in [-0.3, -0.25) is 4.79 Å². The van der Waals surface area contributed by atoms with Gasteiger partial charge in [-0.1, -0.05) is 38.1 Å². The molecule has 0 spiro atoms. The molecule has 0 bridgehead atoms. The van der Waals surface area contributed by atoms with Crippen LogP contribution in [-0.2, 0) is 5.75 Å². The van der Waals surface area contributed by atoms with Crippen molar-refractivity contribution in [1.29, 1.82) is 5.26 Å². The highest BCUT2D eigenvalue weighted by Crippen LogP contribution is 2.23.